The number of hydrogen-bond donors (Lipinski definition) is 1. The molecule has 28 heavy (non-hydrogen) atoms. The van der Waals surface area contributed by atoms with Crippen LogP contribution in [0.15, 0.2) is 42.5 Å². The number of benzene rings is 2. The minimum Gasteiger partial charge on any atom is -0.497 e. The molecule has 0 atom stereocenters. The molecule has 0 aliphatic carbocycles. The third-order valence-corrected chi connectivity index (χ3v) is 4.58. The number of aromatic nitrogens is 1. The quantitative estimate of drug-likeness (QED) is 0.606. The summed E-state index contributed by atoms with van der Waals surface area (Å²) in [6.45, 7) is 3.45. The lowest BCUT2D eigenvalue weighted by molar-refractivity contribution is -0.118. The van der Waals surface area contributed by atoms with Crippen LogP contribution in [0.1, 0.15) is 24.2 Å². The number of anilines is 1. The Balaban J connectivity index is 1.61. The van der Waals surface area contributed by atoms with E-state index in [0.29, 0.717) is 27.7 Å². The molecule has 0 saturated heterocycles. The van der Waals surface area contributed by atoms with E-state index in [-0.39, 0.29) is 24.6 Å². The van der Waals surface area contributed by atoms with Crippen molar-refractivity contribution >= 4 is 38.6 Å². The van der Waals surface area contributed by atoms with E-state index in [1.54, 1.807) is 63.4 Å². The minimum atomic E-state index is -0.385. The number of amides is 1. The van der Waals surface area contributed by atoms with Gasteiger partial charge in [-0.15, -0.1) is 0 Å². The van der Waals surface area contributed by atoms with Crippen LogP contribution in [-0.2, 0) is 9.53 Å². The maximum Gasteiger partial charge on any atom is 0.338 e. The number of esters is 1. The Hall–Kier alpha value is -3.13. The van der Waals surface area contributed by atoms with Crippen molar-refractivity contribution in [2.75, 3.05) is 19.0 Å². The average Bonchev–Trinajstić information content (AvgIpc) is 3.07. The van der Waals surface area contributed by atoms with E-state index in [1.807, 2.05) is 0 Å². The highest BCUT2D eigenvalue weighted by molar-refractivity contribution is 7.22. The van der Waals surface area contributed by atoms with Gasteiger partial charge in [-0.3, -0.25) is 10.1 Å². The molecule has 0 saturated carbocycles. The third-order valence-electron chi connectivity index (χ3n) is 3.64. The van der Waals surface area contributed by atoms with Crippen LogP contribution in [0.5, 0.6) is 11.5 Å². The van der Waals surface area contributed by atoms with E-state index in [4.69, 9.17) is 14.2 Å². The van der Waals surface area contributed by atoms with Gasteiger partial charge in [-0.1, -0.05) is 11.3 Å². The van der Waals surface area contributed by atoms with Crippen LogP contribution in [0, 0.1) is 0 Å². The molecule has 0 unspecified atom stereocenters. The van der Waals surface area contributed by atoms with E-state index in [9.17, 15) is 9.59 Å². The summed E-state index contributed by atoms with van der Waals surface area (Å²) in [6, 6.07) is 12.0. The van der Waals surface area contributed by atoms with Gasteiger partial charge in [0.15, 0.2) is 11.7 Å². The van der Waals surface area contributed by atoms with E-state index in [1.165, 1.54) is 11.3 Å². The van der Waals surface area contributed by atoms with Crippen LogP contribution in [0.2, 0.25) is 0 Å². The molecule has 146 valence electrons. The summed E-state index contributed by atoms with van der Waals surface area (Å²) in [5, 5.41) is 3.15. The molecule has 1 amide bonds. The summed E-state index contributed by atoms with van der Waals surface area (Å²) >= 11 is 1.28. The lowest BCUT2D eigenvalue weighted by Gasteiger charge is -2.07. The highest BCUT2D eigenvalue weighted by atomic mass is 32.1. The molecule has 0 aliphatic heterocycles. The molecular weight excluding hydrogens is 380 g/mol. The molecule has 3 aromatic rings. The summed E-state index contributed by atoms with van der Waals surface area (Å²) in [7, 11) is 1.58. The Morgan fingerprint density at radius 2 is 1.82 bits per heavy atom. The minimum absolute atomic E-state index is 0.145. The monoisotopic (exact) mass is 400 g/mol. The van der Waals surface area contributed by atoms with Crippen molar-refractivity contribution in [1.29, 1.82) is 0 Å². The van der Waals surface area contributed by atoms with Gasteiger partial charge in [-0.05, 0) is 56.3 Å². The third kappa shape index (κ3) is 4.98. The van der Waals surface area contributed by atoms with E-state index >= 15 is 0 Å². The van der Waals surface area contributed by atoms with E-state index in [0.717, 1.165) is 4.70 Å². The zero-order valence-electron chi connectivity index (χ0n) is 15.7. The first-order valence-corrected chi connectivity index (χ1v) is 9.44. The van der Waals surface area contributed by atoms with Gasteiger partial charge in [-0.2, -0.15) is 0 Å². The number of nitrogens with zero attached hydrogens (tertiary/aromatic N) is 1. The van der Waals surface area contributed by atoms with Crippen molar-refractivity contribution in [3.8, 4) is 11.5 Å². The van der Waals surface area contributed by atoms with Crippen molar-refractivity contribution in [1.82, 2.24) is 4.98 Å². The van der Waals surface area contributed by atoms with Gasteiger partial charge in [0.05, 0.1) is 29.0 Å². The number of nitrogens with one attached hydrogen (secondary N) is 1. The molecule has 0 spiro atoms. The predicted molar refractivity (Wildman–Crippen MR) is 107 cm³/mol. The second-order valence-corrected chi connectivity index (χ2v) is 7.20. The second-order valence-electron chi connectivity index (χ2n) is 6.17. The fourth-order valence-corrected chi connectivity index (χ4v) is 3.28. The summed E-state index contributed by atoms with van der Waals surface area (Å²) in [6.07, 6.45) is -0.190. The number of carbonyl (C=O) groups excluding carboxylic acids is 2. The van der Waals surface area contributed by atoms with Crippen molar-refractivity contribution in [3.63, 3.8) is 0 Å². The lowest BCUT2D eigenvalue weighted by atomic mass is 10.2. The zero-order chi connectivity index (χ0) is 20.1. The molecule has 1 N–H and O–H groups in total. The fraction of sp³-hybridized carbons (Fsp3) is 0.250. The molecule has 8 heteroatoms. The molecular formula is C20H20N2O5S. The van der Waals surface area contributed by atoms with Crippen molar-refractivity contribution in [2.24, 2.45) is 0 Å². The molecule has 1 aromatic heterocycles. The Morgan fingerprint density at radius 1 is 1.11 bits per heavy atom. The second kappa shape index (κ2) is 8.71. The largest absolute Gasteiger partial charge is 0.497 e. The molecule has 0 fully saturated rings. The van der Waals surface area contributed by atoms with E-state index in [2.05, 4.69) is 10.3 Å². The highest BCUT2D eigenvalue weighted by Crippen LogP contribution is 2.27. The number of hydrogen-bond acceptors (Lipinski definition) is 7. The molecule has 3 rings (SSSR count). The van der Waals surface area contributed by atoms with Crippen LogP contribution in [-0.4, -0.2) is 36.7 Å². The van der Waals surface area contributed by atoms with Gasteiger partial charge in [0, 0.05) is 0 Å². The van der Waals surface area contributed by atoms with Gasteiger partial charge in [0.25, 0.3) is 5.91 Å². The highest BCUT2D eigenvalue weighted by Gasteiger charge is 2.13. The maximum absolute atomic E-state index is 12.1. The summed E-state index contributed by atoms with van der Waals surface area (Å²) in [5.74, 6) is 0.564. The van der Waals surface area contributed by atoms with Crippen molar-refractivity contribution in [2.45, 2.75) is 20.0 Å². The zero-order valence-corrected chi connectivity index (χ0v) is 16.5. The number of methoxy groups -OCH3 is 1. The number of thiazole rings is 1. The maximum atomic E-state index is 12.1. The van der Waals surface area contributed by atoms with Gasteiger partial charge in [0.2, 0.25) is 0 Å². The number of carbonyl (C=O) groups is 2. The van der Waals surface area contributed by atoms with Crippen LogP contribution in [0.4, 0.5) is 5.13 Å². The normalized spacial score (nSPS) is 10.7. The Labute approximate surface area is 166 Å². The average molecular weight is 400 g/mol. The first-order chi connectivity index (χ1) is 13.4. The van der Waals surface area contributed by atoms with Crippen LogP contribution < -0.4 is 14.8 Å². The first kappa shape index (κ1) is 19.6. The van der Waals surface area contributed by atoms with Crippen LogP contribution in [0.3, 0.4) is 0 Å². The van der Waals surface area contributed by atoms with E-state index < -0.39 is 0 Å². The number of rotatable bonds is 7. The number of fused-ring (bicyclic) bond motifs is 1. The SMILES string of the molecule is COc1ccc(OCC(=O)Nc2nc3ccc(C(=O)OC(C)C)cc3s2)cc1. The molecule has 2 aromatic carbocycles. The predicted octanol–water partition coefficient (Wildman–Crippen LogP) is 3.89. The van der Waals surface area contributed by atoms with Crippen molar-refractivity contribution < 1.29 is 23.8 Å². The molecule has 0 aliphatic rings. The Morgan fingerprint density at radius 3 is 2.50 bits per heavy atom. The van der Waals surface area contributed by atoms with Gasteiger partial charge in [0.1, 0.15) is 11.5 Å². The molecule has 1 heterocycles. The molecule has 0 radical (unpaired) electrons. The molecule has 7 nitrogen and oxygen atoms in total. The van der Waals surface area contributed by atoms with Crippen LogP contribution in [0.25, 0.3) is 10.2 Å². The smallest absolute Gasteiger partial charge is 0.338 e. The van der Waals surface area contributed by atoms with Gasteiger partial charge >= 0.3 is 5.97 Å². The summed E-state index contributed by atoms with van der Waals surface area (Å²) in [5.41, 5.74) is 1.14. The summed E-state index contributed by atoms with van der Waals surface area (Å²) < 4.78 is 16.5. The number of ether oxygens (including phenoxy) is 3. The fourth-order valence-electron chi connectivity index (χ4n) is 2.36. The standard InChI is InChI=1S/C20H20N2O5S/c1-12(2)27-19(24)13-4-9-16-17(10-13)28-20(21-16)22-18(23)11-26-15-7-5-14(25-3)6-8-15/h4-10,12H,11H2,1-3H3,(H,21,22,23). The lowest BCUT2D eigenvalue weighted by Crippen LogP contribution is -2.19. The van der Waals surface area contributed by atoms with Crippen LogP contribution >= 0.6 is 11.3 Å². The summed E-state index contributed by atoms with van der Waals surface area (Å²) in [4.78, 5) is 28.5. The van der Waals surface area contributed by atoms with Gasteiger partial charge in [-0.25, -0.2) is 9.78 Å². The topological polar surface area (TPSA) is 86.8 Å². The Bertz CT molecular complexity index is 982. The molecule has 0 bridgehead atoms. The first-order valence-electron chi connectivity index (χ1n) is 8.63. The van der Waals surface area contributed by atoms with Gasteiger partial charge < -0.3 is 14.2 Å². The Kier molecular flexibility index (Phi) is 6.10. The van der Waals surface area contributed by atoms with Crippen molar-refractivity contribution in [3.05, 3.63) is 48.0 Å².